The first kappa shape index (κ1) is 24.4. The third-order valence-electron chi connectivity index (χ3n) is 6.57. The van der Waals surface area contributed by atoms with Crippen LogP contribution in [0.5, 0.6) is 0 Å². The van der Waals surface area contributed by atoms with Gasteiger partial charge in [-0.2, -0.15) is 0 Å². The Kier molecular flexibility index (Phi) is 8.52. The van der Waals surface area contributed by atoms with Gasteiger partial charge in [-0.1, -0.05) is 65.5 Å². The van der Waals surface area contributed by atoms with Crippen LogP contribution in [-0.4, -0.2) is 23.2 Å². The molecule has 4 heteroatoms. The van der Waals surface area contributed by atoms with Gasteiger partial charge in [-0.25, -0.2) is 0 Å². The minimum absolute atomic E-state index is 0.00685. The highest BCUT2D eigenvalue weighted by Crippen LogP contribution is 2.46. The highest BCUT2D eigenvalue weighted by molar-refractivity contribution is 6.50. The lowest BCUT2D eigenvalue weighted by molar-refractivity contribution is -0.133. The van der Waals surface area contributed by atoms with E-state index in [0.29, 0.717) is 29.8 Å². The largest absolute Gasteiger partial charge is 0.505 e. The topological polar surface area (TPSA) is 66.4 Å². The Bertz CT molecular complexity index is 749. The molecule has 0 heterocycles. The minimum atomic E-state index is -0.509. The molecule has 0 amide bonds. The van der Waals surface area contributed by atoms with Gasteiger partial charge in [0.1, 0.15) is 5.76 Å². The molecule has 2 rings (SSSR count). The number of allylic oxidation sites excluding steroid dienone is 4. The molecule has 4 nitrogen and oxygen atoms in total. The first-order chi connectivity index (χ1) is 14.1. The molecule has 0 aromatic heterocycles. The van der Waals surface area contributed by atoms with Crippen molar-refractivity contribution >= 4 is 11.6 Å². The summed E-state index contributed by atoms with van der Waals surface area (Å²) in [6.45, 7) is 13.5. The van der Waals surface area contributed by atoms with E-state index in [9.17, 15) is 14.7 Å². The van der Waals surface area contributed by atoms with E-state index >= 15 is 0 Å². The number of nitrogens with one attached hydrogen (secondary N) is 1. The van der Waals surface area contributed by atoms with Gasteiger partial charge in [0.2, 0.25) is 11.6 Å². The van der Waals surface area contributed by atoms with E-state index in [-0.39, 0.29) is 23.0 Å². The van der Waals surface area contributed by atoms with Crippen LogP contribution in [0.15, 0.2) is 34.3 Å². The second-order valence-electron chi connectivity index (χ2n) is 10.1. The minimum Gasteiger partial charge on any atom is -0.505 e. The number of unbranched alkanes of at least 4 members (excludes halogenated alkanes) is 3. The zero-order valence-corrected chi connectivity index (χ0v) is 19.9. The lowest BCUT2D eigenvalue weighted by Gasteiger charge is -2.40. The maximum Gasteiger partial charge on any atom is 0.233 e. The van der Waals surface area contributed by atoms with Crippen LogP contribution < -0.4 is 5.32 Å². The van der Waals surface area contributed by atoms with Crippen LogP contribution >= 0.6 is 0 Å². The molecule has 0 aromatic carbocycles. The highest BCUT2D eigenvalue weighted by atomic mass is 16.3. The van der Waals surface area contributed by atoms with E-state index in [0.717, 1.165) is 44.9 Å². The van der Waals surface area contributed by atoms with Crippen LogP contribution in [0.4, 0.5) is 0 Å². The van der Waals surface area contributed by atoms with Crippen molar-refractivity contribution in [2.24, 2.45) is 17.3 Å². The van der Waals surface area contributed by atoms with E-state index in [1.165, 1.54) is 5.57 Å². The average Bonchev–Trinajstić information content (AvgIpc) is 2.67. The van der Waals surface area contributed by atoms with Crippen molar-refractivity contribution in [1.82, 2.24) is 5.32 Å². The van der Waals surface area contributed by atoms with Crippen molar-refractivity contribution in [1.29, 1.82) is 0 Å². The Balaban J connectivity index is 2.56. The summed E-state index contributed by atoms with van der Waals surface area (Å²) in [5, 5.41) is 14.6. The maximum absolute atomic E-state index is 13.3. The van der Waals surface area contributed by atoms with Crippen LogP contribution in [0, 0.1) is 17.3 Å². The van der Waals surface area contributed by atoms with Crippen molar-refractivity contribution in [3.63, 3.8) is 0 Å². The van der Waals surface area contributed by atoms with Crippen LogP contribution in [0.1, 0.15) is 92.9 Å². The van der Waals surface area contributed by atoms with Gasteiger partial charge < -0.3 is 10.4 Å². The molecule has 0 spiro atoms. The predicted octanol–water partition coefficient (Wildman–Crippen LogP) is 6.19. The number of rotatable bonds is 9. The van der Waals surface area contributed by atoms with Crippen molar-refractivity contribution in [3.05, 3.63) is 34.3 Å². The van der Waals surface area contributed by atoms with Gasteiger partial charge in [0, 0.05) is 18.0 Å². The zero-order chi connectivity index (χ0) is 22.5. The number of carbonyl (C=O) groups is 2. The molecule has 0 aliphatic heterocycles. The van der Waals surface area contributed by atoms with E-state index in [1.54, 1.807) is 0 Å². The van der Waals surface area contributed by atoms with E-state index in [4.69, 9.17) is 0 Å². The summed E-state index contributed by atoms with van der Waals surface area (Å²) < 4.78 is 0. The molecule has 0 radical (unpaired) electrons. The lowest BCUT2D eigenvalue weighted by atomic mass is 9.63. The smallest absolute Gasteiger partial charge is 0.233 e. The molecular weight excluding hydrogens is 374 g/mol. The zero-order valence-electron chi connectivity index (χ0n) is 19.9. The summed E-state index contributed by atoms with van der Waals surface area (Å²) in [4.78, 5) is 26.5. The summed E-state index contributed by atoms with van der Waals surface area (Å²) in [5.74, 6) is -0.955. The van der Waals surface area contributed by atoms with Gasteiger partial charge in [-0.05, 0) is 50.4 Å². The first-order valence-corrected chi connectivity index (χ1v) is 11.8. The molecule has 1 unspecified atom stereocenters. The normalized spacial score (nSPS) is 23.2. The fourth-order valence-electron chi connectivity index (χ4n) is 4.76. The van der Waals surface area contributed by atoms with Crippen molar-refractivity contribution < 1.29 is 14.7 Å². The Morgan fingerprint density at radius 3 is 2.33 bits per heavy atom. The van der Waals surface area contributed by atoms with Gasteiger partial charge in [0.25, 0.3) is 0 Å². The fraction of sp³-hybridized carbons (Fsp3) is 0.692. The van der Waals surface area contributed by atoms with Crippen molar-refractivity contribution in [2.75, 3.05) is 6.54 Å². The Morgan fingerprint density at radius 2 is 1.73 bits per heavy atom. The van der Waals surface area contributed by atoms with Crippen LogP contribution in [-0.2, 0) is 9.59 Å². The molecule has 0 fully saturated rings. The highest BCUT2D eigenvalue weighted by Gasteiger charge is 2.43. The van der Waals surface area contributed by atoms with Gasteiger partial charge in [-0.15, -0.1) is 0 Å². The monoisotopic (exact) mass is 415 g/mol. The maximum atomic E-state index is 13.3. The van der Waals surface area contributed by atoms with Gasteiger partial charge in [-0.3, -0.25) is 9.59 Å². The summed E-state index contributed by atoms with van der Waals surface area (Å²) in [7, 11) is 0. The molecule has 0 bridgehead atoms. The quantitative estimate of drug-likeness (QED) is 0.204. The van der Waals surface area contributed by atoms with E-state index in [1.807, 2.05) is 0 Å². The third kappa shape index (κ3) is 5.44. The predicted molar refractivity (Wildman–Crippen MR) is 123 cm³/mol. The Hall–Kier alpha value is -1.84. The van der Waals surface area contributed by atoms with Crippen LogP contribution in [0.2, 0.25) is 0 Å². The third-order valence-corrected chi connectivity index (χ3v) is 6.57. The second kappa shape index (κ2) is 10.5. The number of ketones is 2. The molecule has 168 valence electrons. The molecule has 0 aromatic rings. The standard InChI is InChI=1S/C26H41NO3/c1-7-9-11-12-18-22(27-15-10-8-2)24(29)21(25(30)23(18)28)19-16-17(3)13-14-20(19)26(4,5)6/h16,19-20,27,29H,7-15H2,1-6H3/t19-,20?/m1/s1. The number of carbonyl (C=O) groups excluding carboxylic acids is 2. The lowest BCUT2D eigenvalue weighted by Crippen LogP contribution is -2.39. The second-order valence-corrected chi connectivity index (χ2v) is 10.1. The number of hydrogen-bond acceptors (Lipinski definition) is 4. The molecule has 2 N–H and O–H groups in total. The molecule has 0 saturated carbocycles. The van der Waals surface area contributed by atoms with Crippen LogP contribution in [0.25, 0.3) is 0 Å². The van der Waals surface area contributed by atoms with E-state index < -0.39 is 11.6 Å². The van der Waals surface area contributed by atoms with Gasteiger partial charge in [0.15, 0.2) is 0 Å². The number of hydrogen-bond donors (Lipinski definition) is 2. The first-order valence-electron chi connectivity index (χ1n) is 11.8. The molecule has 30 heavy (non-hydrogen) atoms. The SMILES string of the molecule is CCCCCC1=C(NCCCC)C(O)=C([C@@H]2C=C(C)CCC2C(C)(C)C)C(=O)C1=O. The Labute approximate surface area is 182 Å². The fourth-order valence-corrected chi connectivity index (χ4v) is 4.76. The number of Topliss-reactive ketones (excluding diaryl/α,β-unsaturated/α-hetero) is 2. The summed E-state index contributed by atoms with van der Waals surface area (Å²) in [6.07, 6.45) is 9.46. The van der Waals surface area contributed by atoms with E-state index in [2.05, 4.69) is 52.9 Å². The van der Waals surface area contributed by atoms with Crippen molar-refractivity contribution in [2.45, 2.75) is 92.9 Å². The molecule has 2 atom stereocenters. The molecule has 0 saturated heterocycles. The van der Waals surface area contributed by atoms with Gasteiger partial charge >= 0.3 is 0 Å². The number of aliphatic hydroxyl groups is 1. The molecule has 2 aliphatic carbocycles. The molecular formula is C26H41NO3. The molecule has 2 aliphatic rings. The number of aliphatic hydroxyl groups excluding tert-OH is 1. The Morgan fingerprint density at radius 1 is 1.07 bits per heavy atom. The average molecular weight is 416 g/mol. The van der Waals surface area contributed by atoms with Crippen molar-refractivity contribution in [3.8, 4) is 0 Å². The summed E-state index contributed by atoms with van der Waals surface area (Å²) in [6, 6.07) is 0. The summed E-state index contributed by atoms with van der Waals surface area (Å²) >= 11 is 0. The van der Waals surface area contributed by atoms with Gasteiger partial charge in [0.05, 0.1) is 11.3 Å². The van der Waals surface area contributed by atoms with Crippen LogP contribution in [0.3, 0.4) is 0 Å². The summed E-state index contributed by atoms with van der Waals surface area (Å²) in [5.41, 5.74) is 2.47.